The predicted molar refractivity (Wildman–Crippen MR) is 134 cm³/mol. The van der Waals surface area contributed by atoms with Gasteiger partial charge in [0.1, 0.15) is 12.1 Å². The molecule has 4 aromatic heterocycles. The average Bonchev–Trinajstić information content (AvgIpc) is 3.28. The summed E-state index contributed by atoms with van der Waals surface area (Å²) in [5.41, 5.74) is 6.61. The number of fused-ring (bicyclic) bond motifs is 1. The number of methoxy groups -OCH3 is 1. The number of nitrogens with zero attached hydrogens (tertiary/aromatic N) is 6. The Morgan fingerprint density at radius 1 is 1.00 bits per heavy atom. The Kier molecular flexibility index (Phi) is 5.84. The van der Waals surface area contributed by atoms with E-state index in [1.807, 2.05) is 66.9 Å². The summed E-state index contributed by atoms with van der Waals surface area (Å²) in [4.78, 5) is 13.8. The molecule has 5 rings (SSSR count). The van der Waals surface area contributed by atoms with Crippen LogP contribution in [0, 0.1) is 13.8 Å². The van der Waals surface area contributed by atoms with E-state index < -0.39 is 6.10 Å². The number of imidazole rings is 1. The molecule has 35 heavy (non-hydrogen) atoms. The first kappa shape index (κ1) is 22.4. The molecule has 0 fully saturated rings. The van der Waals surface area contributed by atoms with E-state index in [-0.39, 0.29) is 0 Å². The van der Waals surface area contributed by atoms with Crippen molar-refractivity contribution < 1.29 is 9.84 Å². The number of anilines is 2. The van der Waals surface area contributed by atoms with E-state index in [1.165, 1.54) is 0 Å². The summed E-state index contributed by atoms with van der Waals surface area (Å²) in [6, 6.07) is 15.3. The van der Waals surface area contributed by atoms with Crippen molar-refractivity contribution in [3.8, 4) is 23.0 Å². The maximum atomic E-state index is 10.4. The van der Waals surface area contributed by atoms with Crippen molar-refractivity contribution in [2.45, 2.75) is 26.9 Å². The predicted octanol–water partition coefficient (Wildman–Crippen LogP) is 4.69. The first-order chi connectivity index (χ1) is 16.9. The number of hydrogen-bond donors (Lipinski definition) is 2. The van der Waals surface area contributed by atoms with Crippen LogP contribution in [-0.2, 0) is 0 Å². The molecule has 176 valence electrons. The molecule has 0 aliphatic rings. The summed E-state index contributed by atoms with van der Waals surface area (Å²) in [6.45, 7) is 5.59. The largest absolute Gasteiger partial charge is 0.481 e. The van der Waals surface area contributed by atoms with Gasteiger partial charge in [0.05, 0.1) is 35.6 Å². The number of benzene rings is 1. The van der Waals surface area contributed by atoms with Crippen molar-refractivity contribution in [2.75, 3.05) is 12.4 Å². The van der Waals surface area contributed by atoms with E-state index in [0.29, 0.717) is 23.2 Å². The minimum Gasteiger partial charge on any atom is -0.481 e. The Labute approximate surface area is 202 Å². The maximum absolute atomic E-state index is 10.4. The Balaban J connectivity index is 1.55. The lowest BCUT2D eigenvalue weighted by Crippen LogP contribution is -2.04. The average molecular weight is 468 g/mol. The lowest BCUT2D eigenvalue weighted by molar-refractivity contribution is 0.199. The number of pyridine rings is 2. The minimum absolute atomic E-state index is 0.487. The zero-order chi connectivity index (χ0) is 24.5. The summed E-state index contributed by atoms with van der Waals surface area (Å²) >= 11 is 0. The topological polar surface area (TPSA) is 111 Å². The third kappa shape index (κ3) is 4.41. The third-order valence-corrected chi connectivity index (χ3v) is 5.77. The van der Waals surface area contributed by atoms with Gasteiger partial charge in [-0.3, -0.25) is 4.57 Å². The van der Waals surface area contributed by atoms with Crippen LogP contribution in [0.4, 0.5) is 11.5 Å². The molecule has 0 aliphatic heterocycles. The molecule has 0 spiro atoms. The van der Waals surface area contributed by atoms with Crippen molar-refractivity contribution in [2.24, 2.45) is 0 Å². The monoisotopic (exact) mass is 467 g/mol. The van der Waals surface area contributed by atoms with E-state index in [9.17, 15) is 5.11 Å². The molecule has 0 aliphatic carbocycles. The second kappa shape index (κ2) is 9.11. The minimum atomic E-state index is -0.692. The molecule has 0 radical (unpaired) electrons. The van der Waals surface area contributed by atoms with Gasteiger partial charge in [-0.25, -0.2) is 15.0 Å². The normalized spacial score (nSPS) is 12.0. The second-order valence-electron chi connectivity index (χ2n) is 8.33. The van der Waals surface area contributed by atoms with Gasteiger partial charge in [-0.2, -0.15) is 5.10 Å². The molecule has 0 amide bonds. The molecule has 0 saturated heterocycles. The lowest BCUT2D eigenvalue weighted by Gasteiger charge is -2.16. The van der Waals surface area contributed by atoms with E-state index in [0.717, 1.165) is 39.1 Å². The Bertz CT molecular complexity index is 1510. The highest BCUT2D eigenvalue weighted by Gasteiger charge is 2.17. The molecule has 4 heterocycles. The van der Waals surface area contributed by atoms with E-state index in [1.54, 1.807) is 26.6 Å². The number of rotatable bonds is 6. The molecule has 1 aromatic carbocycles. The van der Waals surface area contributed by atoms with Crippen molar-refractivity contribution in [1.82, 2.24) is 29.7 Å². The van der Waals surface area contributed by atoms with E-state index in [2.05, 4.69) is 25.5 Å². The molecular formula is C26H25N7O2. The van der Waals surface area contributed by atoms with Gasteiger partial charge in [-0.05, 0) is 62.7 Å². The zero-order valence-electron chi connectivity index (χ0n) is 19.9. The molecule has 1 atom stereocenters. The summed E-state index contributed by atoms with van der Waals surface area (Å²) < 4.78 is 7.24. The van der Waals surface area contributed by atoms with Crippen molar-refractivity contribution >= 4 is 22.5 Å². The fourth-order valence-corrected chi connectivity index (χ4v) is 3.90. The Morgan fingerprint density at radius 2 is 1.86 bits per heavy atom. The molecular weight excluding hydrogens is 442 g/mol. The number of aliphatic hydroxyl groups is 1. The number of hydrogen-bond acceptors (Lipinski definition) is 8. The number of ether oxygens (including phenoxy) is 1. The van der Waals surface area contributed by atoms with Crippen molar-refractivity contribution in [3.63, 3.8) is 0 Å². The van der Waals surface area contributed by atoms with Crippen LogP contribution in [0.1, 0.15) is 29.8 Å². The van der Waals surface area contributed by atoms with Crippen LogP contribution in [0.25, 0.3) is 28.1 Å². The zero-order valence-corrected chi connectivity index (χ0v) is 19.9. The Hall–Kier alpha value is -4.37. The quantitative estimate of drug-likeness (QED) is 0.370. The van der Waals surface area contributed by atoms with Crippen LogP contribution in [0.2, 0.25) is 0 Å². The number of aliphatic hydroxyl groups excluding tert-OH is 1. The van der Waals surface area contributed by atoms with Gasteiger partial charge in [0.15, 0.2) is 5.82 Å². The van der Waals surface area contributed by atoms with Crippen LogP contribution < -0.4 is 10.1 Å². The SMILES string of the molecule is COc1cc(-c2nc(-n3cnc4cc(Nc5ccc(C)nn5)ccc43)ccc2C(C)O)c(C)cn1. The second-order valence-corrected chi connectivity index (χ2v) is 8.33. The van der Waals surface area contributed by atoms with Crippen LogP contribution in [0.15, 0.2) is 61.1 Å². The molecule has 9 nitrogen and oxygen atoms in total. The van der Waals surface area contributed by atoms with Crippen LogP contribution in [0.3, 0.4) is 0 Å². The van der Waals surface area contributed by atoms with Crippen LogP contribution >= 0.6 is 0 Å². The highest BCUT2D eigenvalue weighted by Crippen LogP contribution is 2.32. The van der Waals surface area contributed by atoms with Crippen molar-refractivity contribution in [3.05, 3.63) is 77.9 Å². The summed E-state index contributed by atoms with van der Waals surface area (Å²) in [5.74, 6) is 1.84. The van der Waals surface area contributed by atoms with Gasteiger partial charge in [0, 0.05) is 29.1 Å². The molecule has 1 unspecified atom stereocenters. The van der Waals surface area contributed by atoms with Crippen LogP contribution in [0.5, 0.6) is 5.88 Å². The molecule has 9 heteroatoms. The maximum Gasteiger partial charge on any atom is 0.213 e. The fourth-order valence-electron chi connectivity index (χ4n) is 3.90. The third-order valence-electron chi connectivity index (χ3n) is 5.77. The molecule has 0 bridgehead atoms. The molecule has 2 N–H and O–H groups in total. The van der Waals surface area contributed by atoms with Gasteiger partial charge in [-0.1, -0.05) is 6.07 Å². The van der Waals surface area contributed by atoms with Crippen molar-refractivity contribution in [1.29, 1.82) is 0 Å². The van der Waals surface area contributed by atoms with Gasteiger partial charge in [0.25, 0.3) is 0 Å². The highest BCUT2D eigenvalue weighted by molar-refractivity contribution is 5.82. The number of nitrogens with one attached hydrogen (secondary N) is 1. The van der Waals surface area contributed by atoms with Crippen LogP contribution in [-0.4, -0.2) is 41.9 Å². The first-order valence-corrected chi connectivity index (χ1v) is 11.2. The summed E-state index contributed by atoms with van der Waals surface area (Å²) in [5, 5.41) is 21.9. The summed E-state index contributed by atoms with van der Waals surface area (Å²) in [6.07, 6.45) is 2.80. The Morgan fingerprint density at radius 3 is 2.60 bits per heavy atom. The number of aryl methyl sites for hydroxylation is 2. The fraction of sp³-hybridized carbons (Fsp3) is 0.192. The van der Waals surface area contributed by atoms with E-state index in [4.69, 9.17) is 9.72 Å². The standard InChI is InChI=1S/C26H25N7O2/c1-15-13-27-25(35-4)12-20(15)26-19(17(3)34)7-10-24(30-26)33-14-28-21-11-18(6-8-22(21)33)29-23-9-5-16(2)31-32-23/h5-14,17,34H,1-4H3,(H,29,32). The van der Waals surface area contributed by atoms with Gasteiger partial charge < -0.3 is 15.2 Å². The molecule has 5 aromatic rings. The van der Waals surface area contributed by atoms with Gasteiger partial charge in [0.2, 0.25) is 5.88 Å². The highest BCUT2D eigenvalue weighted by atomic mass is 16.5. The first-order valence-electron chi connectivity index (χ1n) is 11.2. The van der Waals surface area contributed by atoms with Gasteiger partial charge in [-0.15, -0.1) is 5.10 Å². The smallest absolute Gasteiger partial charge is 0.213 e. The number of aromatic nitrogens is 6. The lowest BCUT2D eigenvalue weighted by atomic mass is 10.00. The molecule has 0 saturated carbocycles. The van der Waals surface area contributed by atoms with E-state index >= 15 is 0 Å². The van der Waals surface area contributed by atoms with Gasteiger partial charge >= 0.3 is 0 Å². The summed E-state index contributed by atoms with van der Waals surface area (Å²) in [7, 11) is 1.58.